The van der Waals surface area contributed by atoms with E-state index in [1.807, 2.05) is 29.2 Å². The fourth-order valence-electron chi connectivity index (χ4n) is 3.62. The van der Waals surface area contributed by atoms with Gasteiger partial charge in [0.05, 0.1) is 19.4 Å². The number of ether oxygens (including phenoxy) is 2. The van der Waals surface area contributed by atoms with Crippen LogP contribution >= 0.6 is 0 Å². The molecule has 1 fully saturated rings. The van der Waals surface area contributed by atoms with Crippen molar-refractivity contribution in [3.8, 4) is 11.5 Å². The Morgan fingerprint density at radius 1 is 1.28 bits per heavy atom. The maximum atomic E-state index is 12.6. The topological polar surface area (TPSA) is 50.8 Å². The molecule has 2 aliphatic rings. The van der Waals surface area contributed by atoms with Crippen molar-refractivity contribution in [3.05, 3.63) is 53.6 Å². The van der Waals surface area contributed by atoms with Crippen LogP contribution in [0.1, 0.15) is 23.5 Å². The lowest BCUT2D eigenvalue weighted by atomic mass is 9.96. The number of urea groups is 1. The number of anilines is 1. The third-order valence-electron chi connectivity index (χ3n) is 5.01. The van der Waals surface area contributed by atoms with Crippen molar-refractivity contribution in [1.82, 2.24) is 4.90 Å². The molecule has 0 radical (unpaired) electrons. The van der Waals surface area contributed by atoms with Gasteiger partial charge in [-0.2, -0.15) is 0 Å². The van der Waals surface area contributed by atoms with Crippen LogP contribution in [0.2, 0.25) is 0 Å². The molecule has 25 heavy (non-hydrogen) atoms. The molecule has 5 nitrogen and oxygen atoms in total. The molecule has 0 aliphatic carbocycles. The van der Waals surface area contributed by atoms with E-state index in [1.54, 1.807) is 7.11 Å². The van der Waals surface area contributed by atoms with Crippen molar-refractivity contribution in [2.75, 3.05) is 32.1 Å². The number of nitrogens with zero attached hydrogens (tertiary/aromatic N) is 1. The van der Waals surface area contributed by atoms with Crippen LogP contribution in [0, 0.1) is 0 Å². The number of likely N-dealkylation sites (tertiary alicyclic amines) is 1. The summed E-state index contributed by atoms with van der Waals surface area (Å²) in [5.41, 5.74) is 3.29. The summed E-state index contributed by atoms with van der Waals surface area (Å²) in [6, 6.07) is 13.8. The molecule has 2 aliphatic heterocycles. The van der Waals surface area contributed by atoms with Gasteiger partial charge in [-0.15, -0.1) is 0 Å². The van der Waals surface area contributed by atoms with Gasteiger partial charge in [0.15, 0.2) is 0 Å². The van der Waals surface area contributed by atoms with Gasteiger partial charge in [0, 0.05) is 25.4 Å². The molecule has 2 aromatic carbocycles. The van der Waals surface area contributed by atoms with Crippen molar-refractivity contribution < 1.29 is 14.3 Å². The Hall–Kier alpha value is -2.69. The molecule has 2 amide bonds. The van der Waals surface area contributed by atoms with E-state index < -0.39 is 0 Å². The van der Waals surface area contributed by atoms with Crippen LogP contribution in [0.4, 0.5) is 10.5 Å². The Balaban J connectivity index is 1.42. The number of nitrogens with one attached hydrogen (secondary N) is 1. The van der Waals surface area contributed by atoms with E-state index in [-0.39, 0.29) is 6.03 Å². The number of carbonyl (C=O) groups is 1. The molecule has 0 unspecified atom stereocenters. The zero-order chi connectivity index (χ0) is 17.2. The first kappa shape index (κ1) is 15.8. The molecule has 130 valence electrons. The summed E-state index contributed by atoms with van der Waals surface area (Å²) in [4.78, 5) is 14.5. The summed E-state index contributed by atoms with van der Waals surface area (Å²) in [6.45, 7) is 2.27. The van der Waals surface area contributed by atoms with Gasteiger partial charge in [-0.1, -0.05) is 24.3 Å². The second-order valence-electron chi connectivity index (χ2n) is 6.53. The molecule has 0 aromatic heterocycles. The molecule has 0 saturated carbocycles. The molecule has 2 heterocycles. The summed E-state index contributed by atoms with van der Waals surface area (Å²) in [5, 5.41) is 2.96. The van der Waals surface area contributed by atoms with Crippen LogP contribution in [-0.2, 0) is 6.42 Å². The van der Waals surface area contributed by atoms with Crippen LogP contribution in [0.3, 0.4) is 0 Å². The molecule has 2 aromatic rings. The number of hydrogen-bond donors (Lipinski definition) is 1. The highest BCUT2D eigenvalue weighted by atomic mass is 16.5. The van der Waals surface area contributed by atoms with Crippen LogP contribution in [0.5, 0.6) is 11.5 Å². The van der Waals surface area contributed by atoms with E-state index in [1.165, 1.54) is 11.1 Å². The predicted octanol–water partition coefficient (Wildman–Crippen LogP) is 3.65. The van der Waals surface area contributed by atoms with Gasteiger partial charge in [0.1, 0.15) is 11.5 Å². The van der Waals surface area contributed by atoms with Crippen molar-refractivity contribution in [3.63, 3.8) is 0 Å². The Morgan fingerprint density at radius 3 is 3.04 bits per heavy atom. The first-order valence-electron chi connectivity index (χ1n) is 8.69. The largest absolute Gasteiger partial charge is 0.495 e. The van der Waals surface area contributed by atoms with Crippen molar-refractivity contribution >= 4 is 11.7 Å². The van der Waals surface area contributed by atoms with Gasteiger partial charge in [-0.25, -0.2) is 4.79 Å². The number of carbonyl (C=O) groups excluding carboxylic acids is 1. The SMILES string of the molecule is COc1ccccc1NC(=O)N1CC[C@H](c2ccc3c(c2)CCO3)C1. The Labute approximate surface area is 147 Å². The number of hydrogen-bond acceptors (Lipinski definition) is 3. The molecule has 0 bridgehead atoms. The van der Waals surface area contributed by atoms with Gasteiger partial charge >= 0.3 is 6.03 Å². The number of para-hydroxylation sites is 2. The highest BCUT2D eigenvalue weighted by Gasteiger charge is 2.28. The van der Waals surface area contributed by atoms with E-state index >= 15 is 0 Å². The minimum Gasteiger partial charge on any atom is -0.495 e. The standard InChI is InChI=1S/C20H22N2O3/c1-24-19-5-3-2-4-17(19)21-20(23)22-10-8-16(13-22)14-6-7-18-15(12-14)9-11-25-18/h2-7,12,16H,8-11,13H2,1H3,(H,21,23)/t16-/m0/s1. The first-order valence-corrected chi connectivity index (χ1v) is 8.69. The fraction of sp³-hybridized carbons (Fsp3) is 0.350. The third-order valence-corrected chi connectivity index (χ3v) is 5.01. The highest BCUT2D eigenvalue weighted by Crippen LogP contribution is 2.33. The lowest BCUT2D eigenvalue weighted by Gasteiger charge is -2.19. The number of amides is 2. The van der Waals surface area contributed by atoms with Crippen molar-refractivity contribution in [1.29, 1.82) is 0 Å². The smallest absolute Gasteiger partial charge is 0.321 e. The molecule has 1 N–H and O–H groups in total. The lowest BCUT2D eigenvalue weighted by molar-refractivity contribution is 0.222. The van der Waals surface area contributed by atoms with E-state index in [2.05, 4.69) is 23.5 Å². The summed E-state index contributed by atoms with van der Waals surface area (Å²) in [7, 11) is 1.61. The minimum atomic E-state index is -0.0727. The molecule has 4 rings (SSSR count). The van der Waals surface area contributed by atoms with Crippen LogP contribution in [0.25, 0.3) is 0 Å². The molecule has 0 spiro atoms. The van der Waals surface area contributed by atoms with Crippen molar-refractivity contribution in [2.45, 2.75) is 18.8 Å². The monoisotopic (exact) mass is 338 g/mol. The first-order chi connectivity index (χ1) is 12.2. The zero-order valence-corrected chi connectivity index (χ0v) is 14.3. The number of rotatable bonds is 3. The number of methoxy groups -OCH3 is 1. The third kappa shape index (κ3) is 3.14. The predicted molar refractivity (Wildman–Crippen MR) is 96.6 cm³/mol. The van der Waals surface area contributed by atoms with E-state index in [0.29, 0.717) is 17.4 Å². The summed E-state index contributed by atoms with van der Waals surface area (Å²) < 4.78 is 10.9. The van der Waals surface area contributed by atoms with Crippen LogP contribution in [0.15, 0.2) is 42.5 Å². The van der Waals surface area contributed by atoms with Gasteiger partial charge in [0.2, 0.25) is 0 Å². The van der Waals surface area contributed by atoms with Gasteiger partial charge in [-0.3, -0.25) is 0 Å². The van der Waals surface area contributed by atoms with E-state index in [4.69, 9.17) is 9.47 Å². The second kappa shape index (κ2) is 6.67. The maximum absolute atomic E-state index is 12.6. The summed E-state index contributed by atoms with van der Waals surface area (Å²) >= 11 is 0. The highest BCUT2D eigenvalue weighted by molar-refractivity contribution is 5.91. The number of fused-ring (bicyclic) bond motifs is 1. The van der Waals surface area contributed by atoms with Gasteiger partial charge in [0.25, 0.3) is 0 Å². The average molecular weight is 338 g/mol. The van der Waals surface area contributed by atoms with Gasteiger partial charge in [-0.05, 0) is 35.7 Å². The van der Waals surface area contributed by atoms with Gasteiger partial charge < -0.3 is 19.7 Å². The minimum absolute atomic E-state index is 0.0727. The van der Waals surface area contributed by atoms with E-state index in [9.17, 15) is 4.79 Å². The fourth-order valence-corrected chi connectivity index (χ4v) is 3.62. The maximum Gasteiger partial charge on any atom is 0.321 e. The summed E-state index contributed by atoms with van der Waals surface area (Å²) in [6.07, 6.45) is 1.97. The normalized spacial score (nSPS) is 18.6. The summed E-state index contributed by atoms with van der Waals surface area (Å²) in [5.74, 6) is 2.06. The van der Waals surface area contributed by atoms with Crippen LogP contribution in [-0.4, -0.2) is 37.7 Å². The lowest BCUT2D eigenvalue weighted by Crippen LogP contribution is -2.32. The molecule has 1 atom stereocenters. The van der Waals surface area contributed by atoms with E-state index in [0.717, 1.165) is 38.3 Å². The molecular weight excluding hydrogens is 316 g/mol. The number of benzene rings is 2. The molecule has 5 heteroatoms. The average Bonchev–Trinajstić information content (AvgIpc) is 3.30. The Morgan fingerprint density at radius 2 is 2.16 bits per heavy atom. The molecule has 1 saturated heterocycles. The van der Waals surface area contributed by atoms with Crippen molar-refractivity contribution in [2.24, 2.45) is 0 Å². The molecular formula is C20H22N2O3. The Bertz CT molecular complexity index is 790. The second-order valence-corrected chi connectivity index (χ2v) is 6.53. The quantitative estimate of drug-likeness (QED) is 0.929. The van der Waals surface area contributed by atoms with Crippen LogP contribution < -0.4 is 14.8 Å². The zero-order valence-electron chi connectivity index (χ0n) is 14.3. The Kier molecular flexibility index (Phi) is 4.22.